The van der Waals surface area contributed by atoms with Crippen LogP contribution in [0.4, 0.5) is 4.79 Å². The Hall–Kier alpha value is -1.30. The molecule has 6 heteroatoms. The molecule has 1 amide bonds. The number of nitrogens with zero attached hydrogens (tertiary/aromatic N) is 1. The molecule has 1 rings (SSSR count). The number of hydrogen-bond donors (Lipinski definition) is 1. The fraction of sp³-hybridized carbons (Fsp3) is 0.867. The lowest BCUT2D eigenvalue weighted by molar-refractivity contribution is -0.144. The fourth-order valence-corrected chi connectivity index (χ4v) is 2.60. The van der Waals surface area contributed by atoms with Crippen LogP contribution >= 0.6 is 0 Å². The van der Waals surface area contributed by atoms with Crippen LogP contribution in [0.5, 0.6) is 0 Å². The lowest BCUT2D eigenvalue weighted by Gasteiger charge is -2.28. The molecule has 0 radical (unpaired) electrons. The zero-order valence-corrected chi connectivity index (χ0v) is 13.8. The summed E-state index contributed by atoms with van der Waals surface area (Å²) in [5, 5.41) is 2.89. The summed E-state index contributed by atoms with van der Waals surface area (Å²) >= 11 is 0. The highest BCUT2D eigenvalue weighted by Crippen LogP contribution is 2.21. The van der Waals surface area contributed by atoms with E-state index in [9.17, 15) is 9.59 Å². The van der Waals surface area contributed by atoms with E-state index in [1.54, 1.807) is 6.92 Å². The van der Waals surface area contributed by atoms with Crippen LogP contribution in [-0.2, 0) is 14.3 Å². The number of hydrogen-bond acceptors (Lipinski definition) is 5. The Kier molecular flexibility index (Phi) is 6.45. The van der Waals surface area contributed by atoms with Gasteiger partial charge in [0.2, 0.25) is 0 Å². The van der Waals surface area contributed by atoms with Crippen molar-refractivity contribution >= 4 is 12.1 Å². The van der Waals surface area contributed by atoms with E-state index in [0.717, 1.165) is 19.5 Å². The molecule has 0 unspecified atom stereocenters. The van der Waals surface area contributed by atoms with Gasteiger partial charge in [0.1, 0.15) is 5.60 Å². The number of amides is 1. The van der Waals surface area contributed by atoms with E-state index in [4.69, 9.17) is 9.47 Å². The van der Waals surface area contributed by atoms with E-state index >= 15 is 0 Å². The van der Waals surface area contributed by atoms with Crippen LogP contribution in [0.2, 0.25) is 0 Å². The van der Waals surface area contributed by atoms with E-state index in [2.05, 4.69) is 10.2 Å². The van der Waals surface area contributed by atoms with E-state index in [0.29, 0.717) is 13.0 Å². The third-order valence-electron chi connectivity index (χ3n) is 3.45. The first-order valence-electron chi connectivity index (χ1n) is 7.66. The number of rotatable bonds is 5. The number of likely N-dealkylation sites (N-methyl/N-ethyl adjacent to an activating group) is 1. The van der Waals surface area contributed by atoms with Crippen molar-refractivity contribution in [3.05, 3.63) is 0 Å². The fourth-order valence-electron chi connectivity index (χ4n) is 2.60. The Bertz CT molecular complexity index is 365. The average Bonchev–Trinajstić information content (AvgIpc) is 2.69. The van der Waals surface area contributed by atoms with E-state index in [1.807, 2.05) is 27.7 Å². The molecule has 0 aromatic rings. The molecule has 0 aromatic carbocycles. The molecule has 1 aliphatic heterocycles. The average molecular weight is 300 g/mol. The first-order chi connectivity index (χ1) is 9.76. The van der Waals surface area contributed by atoms with Gasteiger partial charge in [0.15, 0.2) is 0 Å². The molecule has 0 bridgehead atoms. The van der Waals surface area contributed by atoms with Gasteiger partial charge in [-0.2, -0.15) is 0 Å². The van der Waals surface area contributed by atoms with Gasteiger partial charge >= 0.3 is 12.1 Å². The molecule has 1 heterocycles. The van der Waals surface area contributed by atoms with Crippen LogP contribution in [0.3, 0.4) is 0 Å². The van der Waals surface area contributed by atoms with Crippen molar-refractivity contribution < 1.29 is 19.1 Å². The Morgan fingerprint density at radius 3 is 2.48 bits per heavy atom. The molecular formula is C15H28N2O4. The molecule has 0 aliphatic carbocycles. The molecule has 1 aliphatic rings. The van der Waals surface area contributed by atoms with Crippen molar-refractivity contribution in [3.63, 3.8) is 0 Å². The smallest absolute Gasteiger partial charge is 0.407 e. The van der Waals surface area contributed by atoms with E-state index in [1.165, 1.54) is 0 Å². The number of carbonyl (C=O) groups is 2. The predicted octanol–water partition coefficient (Wildman–Crippen LogP) is 1.93. The summed E-state index contributed by atoms with van der Waals surface area (Å²) in [5.74, 6) is -0.223. The SMILES string of the molecule is CCOC(=O)C[C@H]1[C@@H](NC(=O)OC(C)(C)C)CCN1CC. The van der Waals surface area contributed by atoms with Gasteiger partial charge in [-0.3, -0.25) is 9.69 Å². The molecule has 122 valence electrons. The summed E-state index contributed by atoms with van der Waals surface area (Å²) in [7, 11) is 0. The normalized spacial score (nSPS) is 22.9. The highest BCUT2D eigenvalue weighted by molar-refractivity contribution is 5.71. The van der Waals surface area contributed by atoms with Gasteiger partial charge in [-0.25, -0.2) is 4.79 Å². The Labute approximate surface area is 127 Å². The summed E-state index contributed by atoms with van der Waals surface area (Å²) in [6.45, 7) is 11.4. The van der Waals surface area contributed by atoms with Crippen molar-refractivity contribution in [1.82, 2.24) is 10.2 Å². The molecule has 1 saturated heterocycles. The van der Waals surface area contributed by atoms with Crippen molar-refractivity contribution in [2.75, 3.05) is 19.7 Å². The summed E-state index contributed by atoms with van der Waals surface area (Å²) < 4.78 is 10.3. The van der Waals surface area contributed by atoms with Crippen molar-refractivity contribution in [2.24, 2.45) is 0 Å². The number of alkyl carbamates (subject to hydrolysis) is 1. The van der Waals surface area contributed by atoms with Crippen molar-refractivity contribution in [3.8, 4) is 0 Å². The molecule has 1 fully saturated rings. The highest BCUT2D eigenvalue weighted by Gasteiger charge is 2.36. The second-order valence-corrected chi connectivity index (χ2v) is 6.25. The predicted molar refractivity (Wildman–Crippen MR) is 80.1 cm³/mol. The second-order valence-electron chi connectivity index (χ2n) is 6.25. The highest BCUT2D eigenvalue weighted by atomic mass is 16.6. The monoisotopic (exact) mass is 300 g/mol. The minimum atomic E-state index is -0.524. The van der Waals surface area contributed by atoms with Gasteiger partial charge in [0.05, 0.1) is 13.0 Å². The van der Waals surface area contributed by atoms with Crippen LogP contribution in [0, 0.1) is 0 Å². The van der Waals surface area contributed by atoms with Gasteiger partial charge in [-0.05, 0) is 40.7 Å². The molecule has 1 N–H and O–H groups in total. The van der Waals surface area contributed by atoms with E-state index < -0.39 is 11.7 Å². The minimum Gasteiger partial charge on any atom is -0.466 e. The lowest BCUT2D eigenvalue weighted by atomic mass is 10.1. The maximum absolute atomic E-state index is 11.9. The second kappa shape index (κ2) is 7.64. The zero-order valence-electron chi connectivity index (χ0n) is 13.8. The standard InChI is InChI=1S/C15H28N2O4/c1-6-17-9-8-11(12(17)10-13(18)20-7-2)16-14(19)21-15(3,4)5/h11-12H,6-10H2,1-5H3,(H,16,19)/t11-,12-/m0/s1. The maximum Gasteiger partial charge on any atom is 0.407 e. The molecular weight excluding hydrogens is 272 g/mol. The third-order valence-corrected chi connectivity index (χ3v) is 3.45. The van der Waals surface area contributed by atoms with Crippen LogP contribution in [0.25, 0.3) is 0 Å². The molecule has 0 spiro atoms. The molecule has 6 nitrogen and oxygen atoms in total. The van der Waals surface area contributed by atoms with Gasteiger partial charge < -0.3 is 14.8 Å². The number of carbonyl (C=O) groups excluding carboxylic acids is 2. The zero-order chi connectivity index (χ0) is 16.0. The lowest BCUT2D eigenvalue weighted by Crippen LogP contribution is -2.47. The molecule has 0 saturated carbocycles. The van der Waals surface area contributed by atoms with Crippen LogP contribution in [-0.4, -0.2) is 54.3 Å². The number of likely N-dealkylation sites (tertiary alicyclic amines) is 1. The Balaban J connectivity index is 2.62. The number of ether oxygens (including phenoxy) is 2. The van der Waals surface area contributed by atoms with Gasteiger partial charge in [-0.1, -0.05) is 6.92 Å². The van der Waals surface area contributed by atoms with Gasteiger partial charge in [-0.15, -0.1) is 0 Å². The molecule has 0 aromatic heterocycles. The van der Waals surface area contributed by atoms with Gasteiger partial charge in [0, 0.05) is 18.6 Å². The summed E-state index contributed by atoms with van der Waals surface area (Å²) in [5.41, 5.74) is -0.524. The van der Waals surface area contributed by atoms with Crippen LogP contribution in [0.15, 0.2) is 0 Å². The number of nitrogens with one attached hydrogen (secondary N) is 1. The Morgan fingerprint density at radius 1 is 1.29 bits per heavy atom. The van der Waals surface area contributed by atoms with Crippen LogP contribution < -0.4 is 5.32 Å². The minimum absolute atomic E-state index is 0.0263. The third kappa shape index (κ3) is 5.91. The quantitative estimate of drug-likeness (QED) is 0.786. The maximum atomic E-state index is 11.9. The number of esters is 1. The first kappa shape index (κ1) is 17.8. The topological polar surface area (TPSA) is 67.9 Å². The first-order valence-corrected chi connectivity index (χ1v) is 7.66. The summed E-state index contributed by atoms with van der Waals surface area (Å²) in [6, 6.07) is -0.106. The van der Waals surface area contributed by atoms with Gasteiger partial charge in [0.25, 0.3) is 0 Å². The summed E-state index contributed by atoms with van der Waals surface area (Å²) in [6.07, 6.45) is 0.679. The van der Waals surface area contributed by atoms with Crippen LogP contribution in [0.1, 0.15) is 47.5 Å². The Morgan fingerprint density at radius 2 is 1.95 bits per heavy atom. The molecule has 2 atom stereocenters. The summed E-state index contributed by atoms with van der Waals surface area (Å²) in [4.78, 5) is 25.8. The van der Waals surface area contributed by atoms with E-state index in [-0.39, 0.29) is 18.1 Å². The van der Waals surface area contributed by atoms with Crippen molar-refractivity contribution in [1.29, 1.82) is 0 Å². The van der Waals surface area contributed by atoms with Crippen molar-refractivity contribution in [2.45, 2.75) is 65.1 Å². The largest absolute Gasteiger partial charge is 0.466 e. The molecule has 21 heavy (non-hydrogen) atoms.